The van der Waals surface area contributed by atoms with Crippen LogP contribution in [0.25, 0.3) is 11.2 Å². The quantitative estimate of drug-likeness (QED) is 0.779. The summed E-state index contributed by atoms with van der Waals surface area (Å²) in [5.41, 5.74) is 1.21. The predicted molar refractivity (Wildman–Crippen MR) is 101 cm³/mol. The van der Waals surface area contributed by atoms with Gasteiger partial charge in [-0.1, -0.05) is 11.6 Å². The highest BCUT2D eigenvalue weighted by Gasteiger charge is 2.26. The van der Waals surface area contributed by atoms with Crippen LogP contribution in [0.3, 0.4) is 0 Å². The van der Waals surface area contributed by atoms with Crippen molar-refractivity contribution in [2.75, 3.05) is 18.0 Å². The van der Waals surface area contributed by atoms with E-state index in [9.17, 15) is 9.59 Å². The lowest BCUT2D eigenvalue weighted by atomic mass is 10.1. The number of halogens is 1. The van der Waals surface area contributed by atoms with Crippen molar-refractivity contribution < 1.29 is 9.53 Å². The first-order chi connectivity index (χ1) is 12.1. The van der Waals surface area contributed by atoms with E-state index in [0.717, 1.165) is 25.1 Å². The first kappa shape index (κ1) is 18.6. The summed E-state index contributed by atoms with van der Waals surface area (Å²) >= 11 is 6.16. The largest absolute Gasteiger partial charge is 0.444 e. The predicted octanol–water partition coefficient (Wildman–Crippen LogP) is 2.41. The van der Waals surface area contributed by atoms with Gasteiger partial charge < -0.3 is 19.9 Å². The van der Waals surface area contributed by atoms with Gasteiger partial charge in [-0.25, -0.2) is 14.6 Å². The van der Waals surface area contributed by atoms with Gasteiger partial charge in [0.1, 0.15) is 16.3 Å². The van der Waals surface area contributed by atoms with Gasteiger partial charge in [0.2, 0.25) is 0 Å². The molecular weight excluding hydrogens is 358 g/mol. The molecular formula is C17H24ClN5O3. The van der Waals surface area contributed by atoms with E-state index >= 15 is 0 Å². The maximum absolute atomic E-state index is 12.1. The van der Waals surface area contributed by atoms with Gasteiger partial charge >= 0.3 is 11.8 Å². The lowest BCUT2D eigenvalue weighted by Crippen LogP contribution is -2.49. The summed E-state index contributed by atoms with van der Waals surface area (Å²) in [6.07, 6.45) is 1.34. The minimum Gasteiger partial charge on any atom is -0.444 e. The zero-order valence-electron chi connectivity index (χ0n) is 15.4. The van der Waals surface area contributed by atoms with E-state index in [2.05, 4.69) is 20.2 Å². The number of pyridine rings is 1. The molecule has 1 aliphatic rings. The van der Waals surface area contributed by atoms with Gasteiger partial charge in [0, 0.05) is 32.2 Å². The molecule has 1 aliphatic heterocycles. The fourth-order valence-corrected chi connectivity index (χ4v) is 3.36. The SMILES string of the molecule is Cn1c(=O)[nH]c2c(N3CCCC(NC(=O)OC(C)(C)C)C3)cc(Cl)nc21. The number of carbonyl (C=O) groups is 1. The Morgan fingerprint density at radius 2 is 2.19 bits per heavy atom. The van der Waals surface area contributed by atoms with E-state index in [-0.39, 0.29) is 11.7 Å². The van der Waals surface area contributed by atoms with Gasteiger partial charge in [0.15, 0.2) is 5.65 Å². The van der Waals surface area contributed by atoms with E-state index in [1.807, 2.05) is 20.8 Å². The van der Waals surface area contributed by atoms with Crippen LogP contribution in [0.5, 0.6) is 0 Å². The highest BCUT2D eigenvalue weighted by molar-refractivity contribution is 6.30. The van der Waals surface area contributed by atoms with Gasteiger partial charge in [0.05, 0.1) is 5.69 Å². The number of alkyl carbamates (subject to hydrolysis) is 1. The van der Waals surface area contributed by atoms with Crippen LogP contribution in [0.1, 0.15) is 33.6 Å². The Morgan fingerprint density at radius 3 is 2.88 bits per heavy atom. The number of nitrogens with one attached hydrogen (secondary N) is 2. The number of aryl methyl sites for hydroxylation is 1. The second-order valence-corrected chi connectivity index (χ2v) is 7.97. The first-order valence-electron chi connectivity index (χ1n) is 8.64. The standard InChI is InChI=1S/C17H24ClN5O3/c1-17(2,3)26-16(25)19-10-6-5-7-23(9-10)11-8-12(18)20-14-13(11)21-15(24)22(14)4/h8,10H,5-7,9H2,1-4H3,(H,19,25)(H,21,24). The van der Waals surface area contributed by atoms with E-state index < -0.39 is 11.7 Å². The molecule has 0 spiro atoms. The second-order valence-electron chi connectivity index (χ2n) is 7.58. The maximum Gasteiger partial charge on any atom is 0.407 e. The number of rotatable bonds is 2. The molecule has 0 aromatic carbocycles. The fourth-order valence-electron chi connectivity index (χ4n) is 3.18. The third kappa shape index (κ3) is 3.95. The Balaban J connectivity index is 1.82. The van der Waals surface area contributed by atoms with Crippen LogP contribution in [0.4, 0.5) is 10.5 Å². The number of ether oxygens (including phenoxy) is 1. The Labute approximate surface area is 156 Å². The zero-order valence-corrected chi connectivity index (χ0v) is 16.2. The van der Waals surface area contributed by atoms with E-state index in [0.29, 0.717) is 22.9 Å². The first-order valence-corrected chi connectivity index (χ1v) is 9.01. The Hall–Kier alpha value is -2.22. The molecule has 1 saturated heterocycles. The number of aromatic amines is 1. The monoisotopic (exact) mass is 381 g/mol. The highest BCUT2D eigenvalue weighted by Crippen LogP contribution is 2.28. The minimum atomic E-state index is -0.535. The van der Waals surface area contributed by atoms with Crippen LogP contribution in [0.15, 0.2) is 10.9 Å². The average molecular weight is 382 g/mol. The molecule has 1 atom stereocenters. The van der Waals surface area contributed by atoms with Gasteiger partial charge in [-0.2, -0.15) is 0 Å². The number of H-pyrrole nitrogens is 1. The van der Waals surface area contributed by atoms with Gasteiger partial charge in [-0.3, -0.25) is 4.57 Å². The molecule has 2 aromatic rings. The van der Waals surface area contributed by atoms with Crippen molar-refractivity contribution in [2.24, 2.45) is 7.05 Å². The van der Waals surface area contributed by atoms with Gasteiger partial charge in [-0.05, 0) is 33.6 Å². The summed E-state index contributed by atoms with van der Waals surface area (Å²) in [4.78, 5) is 33.2. The van der Waals surface area contributed by atoms with E-state index in [4.69, 9.17) is 16.3 Å². The summed E-state index contributed by atoms with van der Waals surface area (Å²) < 4.78 is 6.77. The van der Waals surface area contributed by atoms with Gasteiger partial charge in [-0.15, -0.1) is 0 Å². The lowest BCUT2D eigenvalue weighted by molar-refractivity contribution is 0.0500. The van der Waals surface area contributed by atoms with Crippen molar-refractivity contribution in [3.63, 3.8) is 0 Å². The molecule has 0 saturated carbocycles. The lowest BCUT2D eigenvalue weighted by Gasteiger charge is -2.35. The molecule has 2 aromatic heterocycles. The molecule has 1 amide bonds. The number of nitrogens with zero attached hydrogens (tertiary/aromatic N) is 3. The summed E-state index contributed by atoms with van der Waals surface area (Å²) in [7, 11) is 1.65. The molecule has 0 aliphatic carbocycles. The number of fused-ring (bicyclic) bond motifs is 1. The molecule has 3 rings (SSSR count). The minimum absolute atomic E-state index is 0.0453. The van der Waals surface area contributed by atoms with Crippen LogP contribution in [0, 0.1) is 0 Å². The number of aromatic nitrogens is 3. The molecule has 142 valence electrons. The number of carbonyl (C=O) groups excluding carboxylic acids is 1. The van der Waals surface area contributed by atoms with Gasteiger partial charge in [0.25, 0.3) is 0 Å². The molecule has 2 N–H and O–H groups in total. The number of amides is 1. The normalized spacial score (nSPS) is 18.2. The summed E-state index contributed by atoms with van der Waals surface area (Å²) in [6.45, 7) is 6.91. The summed E-state index contributed by atoms with van der Waals surface area (Å²) in [5.74, 6) is 0. The van der Waals surface area contributed by atoms with Crippen molar-refractivity contribution in [1.82, 2.24) is 19.9 Å². The Kier molecular flexibility index (Phi) is 4.88. The summed E-state index contributed by atoms with van der Waals surface area (Å²) in [6, 6.07) is 1.70. The van der Waals surface area contributed by atoms with Crippen molar-refractivity contribution in [1.29, 1.82) is 0 Å². The van der Waals surface area contributed by atoms with Crippen LogP contribution in [-0.2, 0) is 11.8 Å². The third-order valence-corrected chi connectivity index (χ3v) is 4.48. The number of piperidine rings is 1. The molecule has 26 heavy (non-hydrogen) atoms. The Morgan fingerprint density at radius 1 is 1.46 bits per heavy atom. The number of hydrogen-bond acceptors (Lipinski definition) is 5. The highest BCUT2D eigenvalue weighted by atomic mass is 35.5. The molecule has 1 unspecified atom stereocenters. The molecule has 3 heterocycles. The van der Waals surface area contributed by atoms with Crippen LogP contribution < -0.4 is 15.9 Å². The van der Waals surface area contributed by atoms with E-state index in [1.165, 1.54) is 4.57 Å². The van der Waals surface area contributed by atoms with E-state index in [1.54, 1.807) is 13.1 Å². The second kappa shape index (κ2) is 6.83. The Bertz CT molecular complexity index is 883. The van der Waals surface area contributed by atoms with Crippen molar-refractivity contribution in [3.05, 3.63) is 21.7 Å². The number of imidazole rings is 1. The van der Waals surface area contributed by atoms with Crippen molar-refractivity contribution in [3.8, 4) is 0 Å². The molecule has 0 radical (unpaired) electrons. The van der Waals surface area contributed by atoms with Crippen molar-refractivity contribution in [2.45, 2.75) is 45.3 Å². The third-order valence-electron chi connectivity index (χ3n) is 4.29. The van der Waals surface area contributed by atoms with Crippen LogP contribution in [0.2, 0.25) is 5.15 Å². The fraction of sp³-hybridized carbons (Fsp3) is 0.588. The molecule has 8 nitrogen and oxygen atoms in total. The van der Waals surface area contributed by atoms with Crippen molar-refractivity contribution >= 4 is 34.5 Å². The molecule has 1 fully saturated rings. The van der Waals surface area contributed by atoms with Crippen LogP contribution >= 0.6 is 11.6 Å². The number of anilines is 1. The maximum atomic E-state index is 12.1. The number of hydrogen-bond donors (Lipinski definition) is 2. The summed E-state index contributed by atoms with van der Waals surface area (Å²) in [5, 5.41) is 3.25. The molecule has 0 bridgehead atoms. The zero-order chi connectivity index (χ0) is 19.1. The average Bonchev–Trinajstić information content (AvgIpc) is 2.80. The molecule has 9 heteroatoms. The smallest absolute Gasteiger partial charge is 0.407 e. The topological polar surface area (TPSA) is 92.2 Å². The van der Waals surface area contributed by atoms with Crippen LogP contribution in [-0.4, -0.2) is 45.4 Å².